The summed E-state index contributed by atoms with van der Waals surface area (Å²) in [5.74, 6) is 0. The lowest BCUT2D eigenvalue weighted by Gasteiger charge is -1.90. The third-order valence-electron chi connectivity index (χ3n) is 1.31. The summed E-state index contributed by atoms with van der Waals surface area (Å²) in [5.41, 5.74) is 0.887. The summed E-state index contributed by atoms with van der Waals surface area (Å²) in [6.45, 7) is 4.00. The van der Waals surface area contributed by atoms with Crippen LogP contribution in [0.5, 0.6) is 0 Å². The van der Waals surface area contributed by atoms with Gasteiger partial charge in [-0.2, -0.15) is 0 Å². The quantitative estimate of drug-likeness (QED) is 0.593. The lowest BCUT2D eigenvalue weighted by Crippen LogP contribution is -1.80. The zero-order valence-electron chi connectivity index (χ0n) is 7.23. The largest absolute Gasteiger partial charge is 0.262 e. The number of hydrogen-bond acceptors (Lipinski definition) is 3. The molecule has 0 aliphatic rings. The minimum absolute atomic E-state index is 0.887. The highest BCUT2D eigenvalue weighted by Gasteiger charge is 1.88. The van der Waals surface area contributed by atoms with Crippen LogP contribution in [-0.4, -0.2) is 15.0 Å². The van der Waals surface area contributed by atoms with E-state index in [1.54, 1.807) is 18.6 Å². The van der Waals surface area contributed by atoms with Gasteiger partial charge in [0.2, 0.25) is 0 Å². The molecule has 0 aliphatic carbocycles. The third kappa shape index (κ3) is 1.75. The molecule has 0 unspecified atom stereocenters. The second-order valence-corrected chi connectivity index (χ2v) is 1.96. The maximum atomic E-state index is 4.01. The molecule has 2 aromatic rings. The van der Waals surface area contributed by atoms with Crippen LogP contribution >= 0.6 is 0 Å². The van der Waals surface area contributed by atoms with Crippen LogP contribution in [0.15, 0.2) is 31.0 Å². The molecule has 0 bridgehead atoms. The van der Waals surface area contributed by atoms with E-state index in [0.717, 1.165) is 10.9 Å². The van der Waals surface area contributed by atoms with E-state index in [2.05, 4.69) is 15.0 Å². The molecular weight excluding hydrogens is 150 g/mol. The van der Waals surface area contributed by atoms with Gasteiger partial charge >= 0.3 is 0 Å². The maximum Gasteiger partial charge on any atom is 0.116 e. The predicted molar refractivity (Wildman–Crippen MR) is 48.7 cm³/mol. The molecular formula is C9H11N3. The SMILES string of the molecule is CC.c1cc2cncnc2cn1. The summed E-state index contributed by atoms with van der Waals surface area (Å²) in [7, 11) is 0. The first-order valence-electron chi connectivity index (χ1n) is 3.96. The highest BCUT2D eigenvalue weighted by atomic mass is 14.8. The Morgan fingerprint density at radius 2 is 1.92 bits per heavy atom. The highest BCUT2D eigenvalue weighted by Crippen LogP contribution is 2.04. The molecule has 0 aromatic carbocycles. The topological polar surface area (TPSA) is 38.7 Å². The van der Waals surface area contributed by atoms with Crippen LogP contribution in [0.4, 0.5) is 0 Å². The molecule has 2 heterocycles. The molecule has 62 valence electrons. The van der Waals surface area contributed by atoms with E-state index in [4.69, 9.17) is 0 Å². The summed E-state index contributed by atoms with van der Waals surface area (Å²) in [6.07, 6.45) is 6.73. The van der Waals surface area contributed by atoms with E-state index < -0.39 is 0 Å². The van der Waals surface area contributed by atoms with Gasteiger partial charge in [-0.25, -0.2) is 9.97 Å². The molecule has 12 heavy (non-hydrogen) atoms. The molecule has 3 heteroatoms. The maximum absolute atomic E-state index is 4.01. The molecule has 0 atom stereocenters. The summed E-state index contributed by atoms with van der Waals surface area (Å²) in [6, 6.07) is 1.88. The van der Waals surface area contributed by atoms with Crippen molar-refractivity contribution in [3.05, 3.63) is 31.0 Å². The van der Waals surface area contributed by atoms with Gasteiger partial charge in [-0.1, -0.05) is 13.8 Å². The third-order valence-corrected chi connectivity index (χ3v) is 1.31. The van der Waals surface area contributed by atoms with E-state index >= 15 is 0 Å². The van der Waals surface area contributed by atoms with E-state index in [1.165, 1.54) is 6.33 Å². The standard InChI is InChI=1S/C7H5N3.C2H6/c1-2-8-4-7-6(1)3-9-5-10-7;1-2/h1-5H;1-2H3. The molecule has 0 spiro atoms. The van der Waals surface area contributed by atoms with Crippen LogP contribution in [0.2, 0.25) is 0 Å². The van der Waals surface area contributed by atoms with Crippen molar-refractivity contribution in [3.63, 3.8) is 0 Å². The first-order chi connectivity index (χ1) is 5.97. The fourth-order valence-electron chi connectivity index (χ4n) is 0.823. The average molecular weight is 161 g/mol. The van der Waals surface area contributed by atoms with E-state index in [-0.39, 0.29) is 0 Å². The van der Waals surface area contributed by atoms with Crippen LogP contribution in [0.25, 0.3) is 10.9 Å². The Morgan fingerprint density at radius 1 is 1.08 bits per heavy atom. The molecule has 0 amide bonds. The van der Waals surface area contributed by atoms with Crippen molar-refractivity contribution in [2.75, 3.05) is 0 Å². The zero-order chi connectivity index (χ0) is 8.81. The van der Waals surface area contributed by atoms with Crippen LogP contribution in [0.3, 0.4) is 0 Å². The van der Waals surface area contributed by atoms with Crippen LogP contribution in [0.1, 0.15) is 13.8 Å². The molecule has 0 aliphatic heterocycles. The lowest BCUT2D eigenvalue weighted by atomic mass is 10.3. The minimum Gasteiger partial charge on any atom is -0.262 e. The summed E-state index contributed by atoms with van der Waals surface area (Å²) < 4.78 is 0. The van der Waals surface area contributed by atoms with Crippen LogP contribution in [-0.2, 0) is 0 Å². The Labute approximate surface area is 71.5 Å². The fourth-order valence-corrected chi connectivity index (χ4v) is 0.823. The monoisotopic (exact) mass is 161 g/mol. The van der Waals surface area contributed by atoms with Crippen LogP contribution in [0, 0.1) is 0 Å². The first-order valence-corrected chi connectivity index (χ1v) is 3.96. The lowest BCUT2D eigenvalue weighted by molar-refractivity contribution is 1.20. The van der Waals surface area contributed by atoms with Crippen molar-refractivity contribution >= 4 is 10.9 Å². The van der Waals surface area contributed by atoms with Gasteiger partial charge in [0.25, 0.3) is 0 Å². The summed E-state index contributed by atoms with van der Waals surface area (Å²) in [5, 5.41) is 1.03. The Balaban J connectivity index is 0.000000336. The van der Waals surface area contributed by atoms with E-state index in [0.29, 0.717) is 0 Å². The van der Waals surface area contributed by atoms with Crippen molar-refractivity contribution < 1.29 is 0 Å². The first kappa shape index (κ1) is 8.59. The Morgan fingerprint density at radius 3 is 2.67 bits per heavy atom. The number of nitrogens with zero attached hydrogens (tertiary/aromatic N) is 3. The molecule has 0 fully saturated rings. The van der Waals surface area contributed by atoms with Gasteiger partial charge < -0.3 is 0 Å². The van der Waals surface area contributed by atoms with Gasteiger partial charge in [0.15, 0.2) is 0 Å². The molecule has 0 radical (unpaired) electrons. The van der Waals surface area contributed by atoms with Crippen molar-refractivity contribution in [1.82, 2.24) is 15.0 Å². The summed E-state index contributed by atoms with van der Waals surface area (Å²) in [4.78, 5) is 11.8. The second-order valence-electron chi connectivity index (χ2n) is 1.96. The van der Waals surface area contributed by atoms with Crippen molar-refractivity contribution in [1.29, 1.82) is 0 Å². The number of hydrogen-bond donors (Lipinski definition) is 0. The Hall–Kier alpha value is -1.51. The van der Waals surface area contributed by atoms with Crippen molar-refractivity contribution in [2.45, 2.75) is 13.8 Å². The zero-order valence-corrected chi connectivity index (χ0v) is 7.23. The van der Waals surface area contributed by atoms with E-state index in [1.807, 2.05) is 19.9 Å². The van der Waals surface area contributed by atoms with Gasteiger partial charge in [0, 0.05) is 17.8 Å². The van der Waals surface area contributed by atoms with E-state index in [9.17, 15) is 0 Å². The molecule has 0 saturated heterocycles. The Bertz CT molecular complexity index is 281. The van der Waals surface area contributed by atoms with Gasteiger partial charge in [-0.15, -0.1) is 0 Å². The molecule has 3 nitrogen and oxygen atoms in total. The predicted octanol–water partition coefficient (Wildman–Crippen LogP) is 2.05. The average Bonchev–Trinajstić information content (AvgIpc) is 2.21. The molecule has 2 rings (SSSR count). The van der Waals surface area contributed by atoms with Crippen LogP contribution < -0.4 is 0 Å². The van der Waals surface area contributed by atoms with Gasteiger partial charge in [0.1, 0.15) is 6.33 Å². The van der Waals surface area contributed by atoms with Crippen molar-refractivity contribution in [2.24, 2.45) is 0 Å². The van der Waals surface area contributed by atoms with Gasteiger partial charge in [0.05, 0.1) is 11.7 Å². The van der Waals surface area contributed by atoms with Gasteiger partial charge in [-0.3, -0.25) is 4.98 Å². The fraction of sp³-hybridized carbons (Fsp3) is 0.222. The molecule has 0 saturated carbocycles. The second kappa shape index (κ2) is 4.38. The van der Waals surface area contributed by atoms with Crippen molar-refractivity contribution in [3.8, 4) is 0 Å². The number of pyridine rings is 1. The smallest absolute Gasteiger partial charge is 0.116 e. The normalized spacial score (nSPS) is 8.83. The number of rotatable bonds is 0. The van der Waals surface area contributed by atoms with Gasteiger partial charge in [-0.05, 0) is 6.07 Å². The highest BCUT2D eigenvalue weighted by molar-refractivity contribution is 5.75. The number of fused-ring (bicyclic) bond motifs is 1. The molecule has 2 aromatic heterocycles. The Kier molecular flexibility index (Phi) is 3.14. The molecule has 0 N–H and O–H groups in total. The summed E-state index contributed by atoms with van der Waals surface area (Å²) >= 11 is 0. The number of aromatic nitrogens is 3. The minimum atomic E-state index is 0.887.